The number of amides is 1. The molecule has 3 saturated heterocycles. The molecule has 2 aromatic rings. The van der Waals surface area contributed by atoms with Crippen molar-refractivity contribution in [3.63, 3.8) is 0 Å². The van der Waals surface area contributed by atoms with Gasteiger partial charge < -0.3 is 31.5 Å². The molecule has 200 valence electrons. The average molecular weight is 578 g/mol. The third kappa shape index (κ3) is 6.06. The Morgan fingerprint density at radius 3 is 2.19 bits per heavy atom. The second kappa shape index (κ2) is 11.6. The highest BCUT2D eigenvalue weighted by molar-refractivity contribution is 5.91. The fourth-order valence-electron chi connectivity index (χ4n) is 6.66. The molecule has 0 aromatic heterocycles. The number of hydrogen-bond acceptors (Lipinski definition) is 3. The zero-order chi connectivity index (χ0) is 25.2. The highest BCUT2D eigenvalue weighted by Gasteiger charge is 2.51. The number of hydrogen-bond donors (Lipinski definition) is 1. The third-order valence-corrected chi connectivity index (χ3v) is 8.60. The van der Waals surface area contributed by atoms with E-state index in [1.165, 1.54) is 0 Å². The van der Waals surface area contributed by atoms with E-state index in [0.29, 0.717) is 16.9 Å². The van der Waals surface area contributed by atoms with E-state index in [0.717, 1.165) is 88.2 Å². The van der Waals surface area contributed by atoms with Gasteiger partial charge in [-0.1, -0.05) is 56.0 Å². The number of piperidine rings is 3. The van der Waals surface area contributed by atoms with E-state index >= 15 is 0 Å². The lowest BCUT2D eigenvalue weighted by molar-refractivity contribution is -0.939. The number of nitrogens with one attached hydrogen (secondary N) is 1. The maximum atomic E-state index is 13.9. The van der Waals surface area contributed by atoms with Crippen molar-refractivity contribution in [1.29, 1.82) is 0 Å². The first kappa shape index (κ1) is 27.7. The minimum Gasteiger partial charge on any atom is -1.00 e. The number of rotatable bonds is 6. The first-order valence-corrected chi connectivity index (χ1v) is 13.3. The molecule has 4 fully saturated rings. The zero-order valence-electron chi connectivity index (χ0n) is 21.1. The van der Waals surface area contributed by atoms with E-state index in [4.69, 9.17) is 4.74 Å². The van der Waals surface area contributed by atoms with Gasteiger partial charge in [0, 0.05) is 30.5 Å². The summed E-state index contributed by atoms with van der Waals surface area (Å²) in [6.07, 6.45) is 7.49. The van der Waals surface area contributed by atoms with Gasteiger partial charge in [-0.05, 0) is 30.5 Å². The fraction of sp³-hybridized carbons (Fsp3) is 0.517. The summed E-state index contributed by atoms with van der Waals surface area (Å²) in [6, 6.07) is 13.1. The highest BCUT2D eigenvalue weighted by Crippen LogP contribution is 2.42. The summed E-state index contributed by atoms with van der Waals surface area (Å²) in [5, 5.41) is 2.65. The lowest BCUT2D eigenvalue weighted by atomic mass is 9.74. The second-order valence-electron chi connectivity index (χ2n) is 11.0. The van der Waals surface area contributed by atoms with Crippen LogP contribution in [0.3, 0.4) is 0 Å². The number of fused-ring (bicyclic) bond motifs is 3. The van der Waals surface area contributed by atoms with E-state index in [9.17, 15) is 18.4 Å². The molecule has 2 bridgehead atoms. The molecule has 1 aliphatic carbocycles. The van der Waals surface area contributed by atoms with Crippen molar-refractivity contribution in [3.05, 3.63) is 65.7 Å². The van der Waals surface area contributed by atoms with Crippen LogP contribution < -0.4 is 22.3 Å². The van der Waals surface area contributed by atoms with Crippen molar-refractivity contribution < 1.29 is 44.6 Å². The van der Waals surface area contributed by atoms with E-state index in [2.05, 4.69) is 17.4 Å². The Morgan fingerprint density at radius 1 is 0.946 bits per heavy atom. The molecule has 0 unspecified atom stereocenters. The van der Waals surface area contributed by atoms with Gasteiger partial charge in [0.1, 0.15) is 18.2 Å². The molecule has 3 aliphatic heterocycles. The van der Waals surface area contributed by atoms with Crippen molar-refractivity contribution in [2.24, 2.45) is 5.92 Å². The molecule has 1 atom stereocenters. The molecule has 3 heterocycles. The Hall–Kier alpha value is -2.32. The predicted molar refractivity (Wildman–Crippen MR) is 133 cm³/mol. The molecule has 1 N–H and O–H groups in total. The van der Waals surface area contributed by atoms with Crippen LogP contribution in [0.2, 0.25) is 0 Å². The van der Waals surface area contributed by atoms with E-state index < -0.39 is 17.0 Å². The Morgan fingerprint density at radius 2 is 1.57 bits per heavy atom. The van der Waals surface area contributed by atoms with Gasteiger partial charge in [0.15, 0.2) is 12.6 Å². The Bertz CT molecular complexity index is 1080. The third-order valence-electron chi connectivity index (χ3n) is 8.60. The molecule has 2 aromatic carbocycles. The number of halogens is 3. The lowest BCUT2D eigenvalue weighted by Crippen LogP contribution is -3.00. The van der Waals surface area contributed by atoms with Gasteiger partial charge >= 0.3 is 5.97 Å². The van der Waals surface area contributed by atoms with Crippen molar-refractivity contribution in [2.75, 3.05) is 31.5 Å². The number of carbonyl (C=O) groups excluding carboxylic acids is 2. The Labute approximate surface area is 227 Å². The molecule has 1 saturated carbocycles. The van der Waals surface area contributed by atoms with E-state index in [-0.39, 0.29) is 47.2 Å². The summed E-state index contributed by atoms with van der Waals surface area (Å²) >= 11 is 0. The molecule has 4 aliphatic rings. The highest BCUT2D eigenvalue weighted by atomic mass is 79.9. The van der Waals surface area contributed by atoms with Crippen molar-refractivity contribution >= 4 is 17.6 Å². The van der Waals surface area contributed by atoms with Gasteiger partial charge in [-0.2, -0.15) is 0 Å². The number of anilines is 1. The number of esters is 1. The van der Waals surface area contributed by atoms with Crippen LogP contribution in [-0.2, 0) is 19.7 Å². The summed E-state index contributed by atoms with van der Waals surface area (Å²) in [4.78, 5) is 26.7. The summed E-state index contributed by atoms with van der Waals surface area (Å²) in [6.45, 7) is 2.48. The maximum Gasteiger partial charge on any atom is 0.317 e. The normalized spacial score (nSPS) is 26.4. The summed E-state index contributed by atoms with van der Waals surface area (Å²) in [5.41, 5.74) is 0.556. The number of quaternary nitrogens is 1. The van der Waals surface area contributed by atoms with Crippen molar-refractivity contribution in [2.45, 2.75) is 62.9 Å². The maximum absolute atomic E-state index is 13.9. The molecule has 37 heavy (non-hydrogen) atoms. The van der Waals surface area contributed by atoms with Gasteiger partial charge in [0.05, 0.1) is 18.5 Å². The van der Waals surface area contributed by atoms with E-state index in [1.807, 2.05) is 18.2 Å². The van der Waals surface area contributed by atoms with Gasteiger partial charge in [-0.3, -0.25) is 9.59 Å². The SMILES string of the molecule is O=C(C[N+]12CCC(CC1)[C@@H](OC(=O)C1(c3ccccc3)CCCCCC1)C2)Nc1cc(F)cc(F)c1.[Br-]. The summed E-state index contributed by atoms with van der Waals surface area (Å²) in [5.74, 6) is -1.54. The molecular formula is C29H35BrF2N2O3. The van der Waals surface area contributed by atoms with Crippen LogP contribution in [0, 0.1) is 17.6 Å². The first-order chi connectivity index (χ1) is 17.4. The van der Waals surface area contributed by atoms with Gasteiger partial charge in [0.2, 0.25) is 0 Å². The first-order valence-electron chi connectivity index (χ1n) is 13.3. The van der Waals surface area contributed by atoms with Crippen LogP contribution in [0.15, 0.2) is 48.5 Å². The van der Waals surface area contributed by atoms with Crippen molar-refractivity contribution in [3.8, 4) is 0 Å². The topological polar surface area (TPSA) is 55.4 Å². The number of nitrogens with zero attached hydrogens (tertiary/aromatic N) is 1. The van der Waals surface area contributed by atoms with Crippen LogP contribution in [0.5, 0.6) is 0 Å². The fourth-order valence-corrected chi connectivity index (χ4v) is 6.66. The largest absolute Gasteiger partial charge is 1.00 e. The standard InChI is InChI=1S/C29H34F2N2O3.BrH/c30-23-16-24(31)18-25(17-23)32-27(34)20-33-14-10-21(11-15-33)26(19-33)36-28(35)29(12-6-1-2-7-13-29)22-8-4-3-5-9-22;/h3-5,8-9,16-18,21,26H,1-2,6-7,10-15,19-20H2;1H/t21?,26-,33?;/m0./s1. The average Bonchev–Trinajstić information content (AvgIpc) is 3.11. The second-order valence-corrected chi connectivity index (χ2v) is 11.0. The van der Waals surface area contributed by atoms with Crippen LogP contribution in [0.25, 0.3) is 0 Å². The predicted octanol–water partition coefficient (Wildman–Crippen LogP) is 2.35. The lowest BCUT2D eigenvalue weighted by Gasteiger charge is -2.52. The zero-order valence-corrected chi connectivity index (χ0v) is 22.7. The van der Waals surface area contributed by atoms with Gasteiger partial charge in [0.25, 0.3) is 5.91 Å². The summed E-state index contributed by atoms with van der Waals surface area (Å²) < 4.78 is 34.0. The molecule has 5 nitrogen and oxygen atoms in total. The van der Waals surface area contributed by atoms with Crippen LogP contribution in [0.4, 0.5) is 14.5 Å². The molecular weight excluding hydrogens is 542 g/mol. The number of carbonyl (C=O) groups is 2. The monoisotopic (exact) mass is 576 g/mol. The minimum absolute atomic E-state index is 0. The number of benzene rings is 2. The van der Waals surface area contributed by atoms with Crippen LogP contribution in [0.1, 0.15) is 56.9 Å². The molecule has 0 radical (unpaired) electrons. The quantitative estimate of drug-likeness (QED) is 0.326. The Balaban J connectivity index is 0.00000320. The molecule has 6 rings (SSSR count). The summed E-state index contributed by atoms with van der Waals surface area (Å²) in [7, 11) is 0. The van der Waals surface area contributed by atoms with Crippen LogP contribution in [-0.4, -0.2) is 48.6 Å². The van der Waals surface area contributed by atoms with Crippen molar-refractivity contribution in [1.82, 2.24) is 0 Å². The Kier molecular flexibility index (Phi) is 8.69. The molecule has 1 amide bonds. The minimum atomic E-state index is -0.728. The molecule has 8 heteroatoms. The smallest absolute Gasteiger partial charge is 0.317 e. The van der Waals surface area contributed by atoms with E-state index in [1.54, 1.807) is 0 Å². The van der Waals surface area contributed by atoms with Crippen LogP contribution >= 0.6 is 0 Å². The number of ether oxygens (including phenoxy) is 1. The van der Waals surface area contributed by atoms with Gasteiger partial charge in [-0.15, -0.1) is 0 Å². The van der Waals surface area contributed by atoms with Gasteiger partial charge in [-0.25, -0.2) is 8.78 Å². The molecule has 0 spiro atoms.